The number of anilines is 2. The van der Waals surface area contributed by atoms with Crippen LogP contribution in [0.4, 0.5) is 11.4 Å². The molecule has 0 aliphatic heterocycles. The van der Waals surface area contributed by atoms with Crippen molar-refractivity contribution in [3.05, 3.63) is 88.4 Å². The number of rotatable bonds is 7. The molecule has 0 aliphatic rings. The maximum atomic E-state index is 12.2. The number of nitrogens with one attached hydrogen (secondary N) is 3. The molecule has 0 unspecified atom stereocenters. The van der Waals surface area contributed by atoms with Crippen molar-refractivity contribution < 1.29 is 19.1 Å². The number of halogens is 1. The van der Waals surface area contributed by atoms with Crippen molar-refractivity contribution in [3.63, 3.8) is 0 Å². The molecule has 34 heavy (non-hydrogen) atoms. The average Bonchev–Trinajstić information content (AvgIpc) is 2.77. The molecule has 3 aromatic rings. The first kappa shape index (κ1) is 24.5. The van der Waals surface area contributed by atoms with E-state index in [1.165, 1.54) is 12.3 Å². The van der Waals surface area contributed by atoms with Crippen LogP contribution in [0.15, 0.2) is 71.8 Å². The minimum atomic E-state index is -0.938. The molecule has 3 rings (SSSR count). The zero-order valence-electron chi connectivity index (χ0n) is 18.6. The molecule has 9 heteroatoms. The highest BCUT2D eigenvalue weighted by atomic mass is 35.5. The Morgan fingerprint density at radius 1 is 0.882 bits per heavy atom. The molecule has 8 nitrogen and oxygen atoms in total. The van der Waals surface area contributed by atoms with E-state index in [4.69, 9.17) is 16.3 Å². The van der Waals surface area contributed by atoms with Crippen molar-refractivity contribution >= 4 is 46.9 Å². The molecule has 0 spiro atoms. The Kier molecular flexibility index (Phi) is 8.37. The topological polar surface area (TPSA) is 109 Å². The Bertz CT molecular complexity index is 1220. The predicted molar refractivity (Wildman–Crippen MR) is 132 cm³/mol. The summed E-state index contributed by atoms with van der Waals surface area (Å²) in [5, 5.41) is 9.44. The molecule has 0 atom stereocenters. The Morgan fingerprint density at radius 3 is 2.35 bits per heavy atom. The zero-order valence-corrected chi connectivity index (χ0v) is 19.3. The van der Waals surface area contributed by atoms with Gasteiger partial charge in [-0.25, -0.2) is 5.43 Å². The quantitative estimate of drug-likeness (QED) is 0.270. The van der Waals surface area contributed by atoms with Gasteiger partial charge in [0.2, 0.25) is 0 Å². The largest absolute Gasteiger partial charge is 0.484 e. The number of benzene rings is 3. The van der Waals surface area contributed by atoms with Crippen LogP contribution < -0.4 is 20.8 Å². The molecule has 3 N–H and O–H groups in total. The first-order valence-corrected chi connectivity index (χ1v) is 10.7. The van der Waals surface area contributed by atoms with E-state index >= 15 is 0 Å². The lowest BCUT2D eigenvalue weighted by Crippen LogP contribution is -2.32. The third kappa shape index (κ3) is 7.75. The Balaban J connectivity index is 1.49. The normalized spacial score (nSPS) is 10.6. The number of nitrogens with zero attached hydrogens (tertiary/aromatic N) is 1. The lowest BCUT2D eigenvalue weighted by molar-refractivity contribution is -0.136. The molecule has 3 aromatic carbocycles. The van der Waals surface area contributed by atoms with Crippen molar-refractivity contribution in [2.45, 2.75) is 13.8 Å². The number of hydrazone groups is 1. The van der Waals surface area contributed by atoms with E-state index in [0.717, 1.165) is 11.1 Å². The number of ether oxygens (including phenoxy) is 1. The van der Waals surface area contributed by atoms with Crippen LogP contribution in [0.1, 0.15) is 16.7 Å². The molecule has 0 radical (unpaired) electrons. The highest BCUT2D eigenvalue weighted by molar-refractivity contribution is 6.39. The smallest absolute Gasteiger partial charge is 0.329 e. The monoisotopic (exact) mass is 478 g/mol. The molecule has 0 fully saturated rings. The number of hydrogen-bond acceptors (Lipinski definition) is 5. The summed E-state index contributed by atoms with van der Waals surface area (Å²) in [6.45, 7) is 3.74. The van der Waals surface area contributed by atoms with Crippen molar-refractivity contribution in [2.75, 3.05) is 17.2 Å². The van der Waals surface area contributed by atoms with E-state index in [1.54, 1.807) is 42.5 Å². The fourth-order valence-corrected chi connectivity index (χ4v) is 3.24. The number of aryl methyl sites for hydroxylation is 2. The van der Waals surface area contributed by atoms with Gasteiger partial charge in [-0.2, -0.15) is 5.10 Å². The van der Waals surface area contributed by atoms with E-state index in [9.17, 15) is 14.4 Å². The maximum Gasteiger partial charge on any atom is 0.329 e. The molecular formula is C25H23ClN4O4. The lowest BCUT2D eigenvalue weighted by Gasteiger charge is -2.09. The third-order valence-corrected chi connectivity index (χ3v) is 4.64. The molecular weight excluding hydrogens is 456 g/mol. The first-order valence-electron chi connectivity index (χ1n) is 10.3. The summed E-state index contributed by atoms with van der Waals surface area (Å²) in [7, 11) is 0. The second-order valence-corrected chi connectivity index (χ2v) is 7.89. The van der Waals surface area contributed by atoms with Gasteiger partial charge >= 0.3 is 11.8 Å². The summed E-state index contributed by atoms with van der Waals surface area (Å²) < 4.78 is 5.55. The Labute approximate surface area is 202 Å². The van der Waals surface area contributed by atoms with Crippen LogP contribution in [0.5, 0.6) is 5.75 Å². The van der Waals surface area contributed by atoms with Crippen molar-refractivity contribution in [1.29, 1.82) is 0 Å². The van der Waals surface area contributed by atoms with Crippen molar-refractivity contribution in [3.8, 4) is 5.75 Å². The number of hydrogen-bond donors (Lipinski definition) is 3. The molecule has 0 aliphatic carbocycles. The van der Waals surface area contributed by atoms with E-state index in [0.29, 0.717) is 27.7 Å². The minimum Gasteiger partial charge on any atom is -0.484 e. The molecule has 174 valence electrons. The van der Waals surface area contributed by atoms with Crippen LogP contribution in [0.25, 0.3) is 0 Å². The van der Waals surface area contributed by atoms with Gasteiger partial charge in [0, 0.05) is 16.4 Å². The highest BCUT2D eigenvalue weighted by Crippen LogP contribution is 2.16. The Hall–Kier alpha value is -4.17. The van der Waals surface area contributed by atoms with E-state index in [-0.39, 0.29) is 12.5 Å². The summed E-state index contributed by atoms with van der Waals surface area (Å²) in [6, 6.07) is 19.0. The first-order chi connectivity index (χ1) is 16.3. The second kappa shape index (κ2) is 11.6. The number of carbonyl (C=O) groups is 3. The summed E-state index contributed by atoms with van der Waals surface area (Å²) in [4.78, 5) is 36.1. The maximum absolute atomic E-state index is 12.2. The standard InChI is InChI=1S/C25H23ClN4O4/c1-16-9-17(2)11-21(10-16)28-23(31)15-34-22-8-3-5-18(12-22)14-27-30-25(33)24(32)29-20-7-4-6-19(26)13-20/h3-14H,15H2,1-2H3,(H,28,31)(H,29,32)(H,30,33)/b27-14-. The summed E-state index contributed by atoms with van der Waals surface area (Å²) in [5.74, 6) is -1.66. The van der Waals surface area contributed by atoms with Gasteiger partial charge in [-0.1, -0.05) is 35.9 Å². The molecule has 0 saturated carbocycles. The van der Waals surface area contributed by atoms with Crippen LogP contribution in [-0.4, -0.2) is 30.5 Å². The van der Waals surface area contributed by atoms with Gasteiger partial charge in [-0.15, -0.1) is 0 Å². The average molecular weight is 479 g/mol. The molecule has 3 amide bonds. The Morgan fingerprint density at radius 2 is 1.62 bits per heavy atom. The van der Waals surface area contributed by atoms with Crippen LogP contribution in [-0.2, 0) is 14.4 Å². The molecule has 0 aromatic heterocycles. The zero-order chi connectivity index (χ0) is 24.5. The summed E-state index contributed by atoms with van der Waals surface area (Å²) in [6.07, 6.45) is 1.35. The van der Waals surface area contributed by atoms with Gasteiger partial charge < -0.3 is 15.4 Å². The van der Waals surface area contributed by atoms with Crippen molar-refractivity contribution in [2.24, 2.45) is 5.10 Å². The lowest BCUT2D eigenvalue weighted by atomic mass is 10.1. The minimum absolute atomic E-state index is 0.173. The molecule has 0 saturated heterocycles. The fourth-order valence-electron chi connectivity index (χ4n) is 3.05. The number of amides is 3. The van der Waals surface area contributed by atoms with E-state index in [1.807, 2.05) is 32.0 Å². The predicted octanol–water partition coefficient (Wildman–Crippen LogP) is 4.06. The SMILES string of the molecule is Cc1cc(C)cc(NC(=O)COc2cccc(/C=N\NC(=O)C(=O)Nc3cccc(Cl)c3)c2)c1. The van der Waals surface area contributed by atoms with Gasteiger partial charge in [-0.05, 0) is 73.0 Å². The van der Waals surface area contributed by atoms with Gasteiger partial charge in [0.25, 0.3) is 5.91 Å². The second-order valence-electron chi connectivity index (χ2n) is 7.45. The number of carbonyl (C=O) groups excluding carboxylic acids is 3. The fraction of sp³-hybridized carbons (Fsp3) is 0.120. The van der Waals surface area contributed by atoms with E-state index in [2.05, 4.69) is 21.2 Å². The highest BCUT2D eigenvalue weighted by Gasteiger charge is 2.13. The van der Waals surface area contributed by atoms with Gasteiger partial charge in [-0.3, -0.25) is 14.4 Å². The van der Waals surface area contributed by atoms with Crippen LogP contribution in [0.2, 0.25) is 5.02 Å². The molecule has 0 heterocycles. The summed E-state index contributed by atoms with van der Waals surface area (Å²) >= 11 is 5.85. The van der Waals surface area contributed by atoms with Crippen LogP contribution in [0, 0.1) is 13.8 Å². The molecule has 0 bridgehead atoms. The van der Waals surface area contributed by atoms with E-state index < -0.39 is 11.8 Å². The van der Waals surface area contributed by atoms with Gasteiger partial charge in [0.05, 0.1) is 6.21 Å². The van der Waals surface area contributed by atoms with Gasteiger partial charge in [0.15, 0.2) is 6.61 Å². The van der Waals surface area contributed by atoms with Crippen LogP contribution in [0.3, 0.4) is 0 Å². The van der Waals surface area contributed by atoms with Gasteiger partial charge in [0.1, 0.15) is 5.75 Å². The third-order valence-electron chi connectivity index (χ3n) is 4.40. The van der Waals surface area contributed by atoms with Crippen LogP contribution >= 0.6 is 11.6 Å². The summed E-state index contributed by atoms with van der Waals surface area (Å²) in [5.41, 5.74) is 5.96. The van der Waals surface area contributed by atoms with Crippen molar-refractivity contribution in [1.82, 2.24) is 5.43 Å².